The second-order valence-electron chi connectivity index (χ2n) is 3.03. The summed E-state index contributed by atoms with van der Waals surface area (Å²) in [6, 6.07) is 0.743. The van der Waals surface area contributed by atoms with E-state index in [1.165, 1.54) is 6.54 Å². The van der Waals surface area contributed by atoms with Gasteiger partial charge in [0.2, 0.25) is 0 Å². The van der Waals surface area contributed by atoms with Gasteiger partial charge in [-0.2, -0.15) is 0 Å². The second-order valence-corrected chi connectivity index (χ2v) is 3.29. The Morgan fingerprint density at radius 1 is 1.60 bits per heavy atom. The molecule has 1 rings (SSSR count). The zero-order valence-electron chi connectivity index (χ0n) is 6.55. The van der Waals surface area contributed by atoms with Crippen molar-refractivity contribution in [2.45, 2.75) is 19.9 Å². The summed E-state index contributed by atoms with van der Waals surface area (Å²) in [6.07, 6.45) is 1.99. The molecule has 2 unspecified atom stereocenters. The maximum Gasteiger partial charge on any atom is 0.0177 e. The number of halogens is 1. The molecule has 0 aromatic heterocycles. The molecule has 1 aliphatic heterocycles. The third-order valence-electron chi connectivity index (χ3n) is 2.35. The molecule has 10 heavy (non-hydrogen) atoms. The van der Waals surface area contributed by atoms with Crippen molar-refractivity contribution in [3.63, 3.8) is 0 Å². The van der Waals surface area contributed by atoms with Crippen LogP contribution in [0.15, 0.2) is 11.6 Å². The second kappa shape index (κ2) is 3.40. The Labute approximate surface area is 67.7 Å². The van der Waals surface area contributed by atoms with Gasteiger partial charge in [0.15, 0.2) is 0 Å². The van der Waals surface area contributed by atoms with E-state index in [9.17, 15) is 0 Å². The lowest BCUT2D eigenvalue weighted by Gasteiger charge is -2.44. The summed E-state index contributed by atoms with van der Waals surface area (Å²) in [5, 5.41) is 0. The normalized spacial score (nSPS) is 34.7. The van der Waals surface area contributed by atoms with Gasteiger partial charge in [-0.05, 0) is 12.8 Å². The molecule has 1 saturated heterocycles. The van der Waals surface area contributed by atoms with Crippen LogP contribution in [0, 0.1) is 5.92 Å². The molecule has 0 aliphatic carbocycles. The zero-order valence-corrected chi connectivity index (χ0v) is 7.30. The van der Waals surface area contributed by atoms with E-state index in [0.717, 1.165) is 18.5 Å². The van der Waals surface area contributed by atoms with Crippen molar-refractivity contribution in [1.29, 1.82) is 0 Å². The Morgan fingerprint density at radius 2 is 2.30 bits per heavy atom. The number of nitrogens with zero attached hydrogens (tertiary/aromatic N) is 1. The Balaban J connectivity index is 2.20. The molecule has 2 atom stereocenters. The van der Waals surface area contributed by atoms with Gasteiger partial charge < -0.3 is 0 Å². The Bertz CT molecular complexity index is 133. The zero-order chi connectivity index (χ0) is 7.56. The molecule has 1 heterocycles. The number of rotatable bonds is 2. The molecular weight excluding hydrogens is 146 g/mol. The summed E-state index contributed by atoms with van der Waals surface area (Å²) in [5.74, 6) is 0.865. The molecular formula is C8H14ClN. The van der Waals surface area contributed by atoms with Gasteiger partial charge in [-0.3, -0.25) is 4.90 Å². The average Bonchev–Trinajstić information content (AvgIpc) is 1.97. The fourth-order valence-electron chi connectivity index (χ4n) is 1.33. The molecule has 0 radical (unpaired) electrons. The Morgan fingerprint density at radius 3 is 2.70 bits per heavy atom. The lowest BCUT2D eigenvalue weighted by molar-refractivity contribution is 0.0513. The summed E-state index contributed by atoms with van der Waals surface area (Å²) < 4.78 is 0. The third kappa shape index (κ3) is 1.53. The number of likely N-dealkylation sites (tertiary alicyclic amines) is 1. The molecule has 0 amide bonds. The standard InChI is InChI=1S/C8H14ClN/c1-7-6-10(8(7)2)5-3-4-9/h3-4,7-8H,5-6H2,1-2H3/b4-3+. The highest BCUT2D eigenvalue weighted by atomic mass is 35.5. The maximum absolute atomic E-state index is 5.40. The molecule has 0 bridgehead atoms. The van der Waals surface area contributed by atoms with Gasteiger partial charge >= 0.3 is 0 Å². The summed E-state index contributed by atoms with van der Waals surface area (Å²) in [6.45, 7) is 6.78. The van der Waals surface area contributed by atoms with Crippen molar-refractivity contribution < 1.29 is 0 Å². The maximum atomic E-state index is 5.40. The number of hydrogen-bond donors (Lipinski definition) is 0. The summed E-state index contributed by atoms with van der Waals surface area (Å²) >= 11 is 5.40. The molecule has 0 spiro atoms. The molecule has 1 aliphatic rings. The molecule has 0 aromatic rings. The van der Waals surface area contributed by atoms with Crippen molar-refractivity contribution in [2.75, 3.05) is 13.1 Å². The van der Waals surface area contributed by atoms with Crippen molar-refractivity contribution >= 4 is 11.6 Å². The van der Waals surface area contributed by atoms with Crippen LogP contribution in [0.3, 0.4) is 0 Å². The smallest absolute Gasteiger partial charge is 0.0177 e. The predicted molar refractivity (Wildman–Crippen MR) is 45.2 cm³/mol. The molecule has 2 heteroatoms. The highest BCUT2D eigenvalue weighted by Gasteiger charge is 2.30. The van der Waals surface area contributed by atoms with Crippen LogP contribution in [0.4, 0.5) is 0 Å². The van der Waals surface area contributed by atoms with E-state index in [1.54, 1.807) is 5.54 Å². The van der Waals surface area contributed by atoms with Crippen LogP contribution < -0.4 is 0 Å². The van der Waals surface area contributed by atoms with Crippen LogP contribution in [0.2, 0.25) is 0 Å². The van der Waals surface area contributed by atoms with Gasteiger partial charge in [0.25, 0.3) is 0 Å². The van der Waals surface area contributed by atoms with Crippen molar-refractivity contribution in [3.05, 3.63) is 11.6 Å². The van der Waals surface area contributed by atoms with Gasteiger partial charge in [0.05, 0.1) is 0 Å². The Kier molecular flexibility index (Phi) is 2.75. The lowest BCUT2D eigenvalue weighted by Crippen LogP contribution is -2.52. The van der Waals surface area contributed by atoms with Crippen LogP contribution in [0.1, 0.15) is 13.8 Å². The molecule has 1 nitrogen and oxygen atoms in total. The topological polar surface area (TPSA) is 3.24 Å². The largest absolute Gasteiger partial charge is 0.296 e. The van der Waals surface area contributed by atoms with E-state index in [2.05, 4.69) is 18.7 Å². The first-order valence-corrected chi connectivity index (χ1v) is 4.18. The van der Waals surface area contributed by atoms with Crippen LogP contribution in [0.25, 0.3) is 0 Å². The minimum atomic E-state index is 0.743. The minimum absolute atomic E-state index is 0.743. The van der Waals surface area contributed by atoms with E-state index < -0.39 is 0 Å². The molecule has 58 valence electrons. The summed E-state index contributed by atoms with van der Waals surface area (Å²) in [4.78, 5) is 2.41. The SMILES string of the molecule is CC1CN(C/C=C/Cl)C1C. The molecule has 0 saturated carbocycles. The van der Waals surface area contributed by atoms with Crippen molar-refractivity contribution in [1.82, 2.24) is 4.90 Å². The fourth-order valence-corrected chi connectivity index (χ4v) is 1.41. The molecule has 0 N–H and O–H groups in total. The molecule has 0 aromatic carbocycles. The number of hydrogen-bond acceptors (Lipinski definition) is 1. The highest BCUT2D eigenvalue weighted by molar-refractivity contribution is 6.25. The van der Waals surface area contributed by atoms with E-state index >= 15 is 0 Å². The highest BCUT2D eigenvalue weighted by Crippen LogP contribution is 2.22. The third-order valence-corrected chi connectivity index (χ3v) is 2.53. The van der Waals surface area contributed by atoms with Gasteiger partial charge in [-0.1, -0.05) is 24.6 Å². The van der Waals surface area contributed by atoms with Crippen molar-refractivity contribution in [3.8, 4) is 0 Å². The van der Waals surface area contributed by atoms with Gasteiger partial charge in [-0.25, -0.2) is 0 Å². The van der Waals surface area contributed by atoms with Crippen LogP contribution in [-0.2, 0) is 0 Å². The van der Waals surface area contributed by atoms with E-state index in [0.29, 0.717) is 0 Å². The van der Waals surface area contributed by atoms with E-state index in [1.807, 2.05) is 6.08 Å². The van der Waals surface area contributed by atoms with Gasteiger partial charge in [-0.15, -0.1) is 0 Å². The van der Waals surface area contributed by atoms with Gasteiger partial charge in [0.1, 0.15) is 0 Å². The first-order chi connectivity index (χ1) is 4.75. The first kappa shape index (κ1) is 8.09. The monoisotopic (exact) mass is 159 g/mol. The van der Waals surface area contributed by atoms with Crippen LogP contribution >= 0.6 is 11.6 Å². The predicted octanol–water partition coefficient (Wildman–Crippen LogP) is 2.08. The fraction of sp³-hybridized carbons (Fsp3) is 0.750. The van der Waals surface area contributed by atoms with Crippen LogP contribution in [-0.4, -0.2) is 24.0 Å². The minimum Gasteiger partial charge on any atom is -0.296 e. The van der Waals surface area contributed by atoms with Crippen molar-refractivity contribution in [2.24, 2.45) is 5.92 Å². The van der Waals surface area contributed by atoms with E-state index in [4.69, 9.17) is 11.6 Å². The Hall–Kier alpha value is -0.0100. The molecule has 1 fully saturated rings. The van der Waals surface area contributed by atoms with Crippen LogP contribution in [0.5, 0.6) is 0 Å². The lowest BCUT2D eigenvalue weighted by atomic mass is 9.92. The summed E-state index contributed by atoms with van der Waals surface area (Å²) in [5.41, 5.74) is 1.59. The quantitative estimate of drug-likeness (QED) is 0.597. The van der Waals surface area contributed by atoms with E-state index in [-0.39, 0.29) is 0 Å². The first-order valence-electron chi connectivity index (χ1n) is 3.75. The average molecular weight is 160 g/mol. The van der Waals surface area contributed by atoms with Gasteiger partial charge in [0, 0.05) is 24.7 Å². The summed E-state index contributed by atoms with van der Waals surface area (Å²) in [7, 11) is 0.